The summed E-state index contributed by atoms with van der Waals surface area (Å²) in [5.41, 5.74) is 0. The fourth-order valence-electron chi connectivity index (χ4n) is 0.375. The van der Waals surface area contributed by atoms with Crippen LogP contribution in [0.4, 0.5) is 0 Å². The van der Waals surface area contributed by atoms with E-state index in [1.165, 1.54) is 0 Å². The molecule has 0 saturated carbocycles. The molecule has 0 aliphatic heterocycles. The van der Waals surface area contributed by atoms with Gasteiger partial charge in [0.1, 0.15) is 7.85 Å². The molecule has 0 heterocycles. The fourth-order valence-corrected chi connectivity index (χ4v) is 0.375. The quantitative estimate of drug-likeness (QED) is 0.459. The van der Waals surface area contributed by atoms with Gasteiger partial charge >= 0.3 is 0 Å². The van der Waals surface area contributed by atoms with Crippen molar-refractivity contribution in [3.63, 3.8) is 0 Å². The van der Waals surface area contributed by atoms with Crippen molar-refractivity contribution in [1.82, 2.24) is 5.32 Å². The van der Waals surface area contributed by atoms with Crippen LogP contribution in [-0.2, 0) is 4.79 Å². The van der Waals surface area contributed by atoms with Gasteiger partial charge in [-0.2, -0.15) is 0 Å². The molecule has 8 heavy (non-hydrogen) atoms. The molecule has 0 radical (unpaired) electrons. The lowest BCUT2D eigenvalue weighted by molar-refractivity contribution is -0.122. The maximum Gasteiger partial charge on any atom is 0.217 e. The maximum absolute atomic E-state index is 10.7. The van der Waals surface area contributed by atoms with Crippen LogP contribution in [-0.4, -0.2) is 20.8 Å². The van der Waals surface area contributed by atoms with Gasteiger partial charge < -0.3 is 5.32 Å². The first-order valence-corrected chi connectivity index (χ1v) is 2.70. The van der Waals surface area contributed by atoms with Crippen LogP contribution in [0.3, 0.4) is 0 Å². The zero-order valence-electron chi connectivity index (χ0n) is 5.91. The molecule has 0 unspecified atom stereocenters. The first-order valence-electron chi connectivity index (χ1n) is 2.70. The molecule has 0 rings (SSSR count). The number of rotatable bonds is 1. The van der Waals surface area contributed by atoms with Crippen LogP contribution < -0.4 is 5.32 Å². The van der Waals surface area contributed by atoms with Crippen LogP contribution in [0.5, 0.6) is 0 Å². The predicted molar refractivity (Wildman–Crippen MR) is 36.7 cm³/mol. The lowest BCUT2D eigenvalue weighted by Crippen LogP contribution is -2.29. The highest BCUT2D eigenvalue weighted by Gasteiger charge is 2.18. The average molecular weight is 113 g/mol. The first kappa shape index (κ1) is 7.53. The Balaban J connectivity index is 3.82. The van der Waals surface area contributed by atoms with Crippen LogP contribution in [0.15, 0.2) is 0 Å². The van der Waals surface area contributed by atoms with Crippen LogP contribution in [0.2, 0.25) is 5.31 Å². The van der Waals surface area contributed by atoms with Gasteiger partial charge in [0.2, 0.25) is 5.91 Å². The summed E-state index contributed by atoms with van der Waals surface area (Å²) in [5, 5.41) is 2.32. The summed E-state index contributed by atoms with van der Waals surface area (Å²) in [7, 11) is 3.53. The van der Waals surface area contributed by atoms with Crippen molar-refractivity contribution in [2.24, 2.45) is 0 Å². The smallest absolute Gasteiger partial charge is 0.217 e. The van der Waals surface area contributed by atoms with Crippen molar-refractivity contribution in [3.8, 4) is 0 Å². The predicted octanol–water partition coefficient (Wildman–Crippen LogP) is -0.436. The van der Waals surface area contributed by atoms with Crippen molar-refractivity contribution < 1.29 is 4.79 Å². The standard InChI is InChI=1S/C5H12BNO/c1-5(2,6)4(8)7-3/h6H2,1-3H3,(H,7,8). The van der Waals surface area contributed by atoms with Gasteiger partial charge in [0.05, 0.1) is 0 Å². The minimum atomic E-state index is -0.241. The Morgan fingerprint density at radius 3 is 2.00 bits per heavy atom. The van der Waals surface area contributed by atoms with Crippen LogP contribution in [0.25, 0.3) is 0 Å². The van der Waals surface area contributed by atoms with Crippen LogP contribution in [0.1, 0.15) is 13.8 Å². The summed E-state index contributed by atoms with van der Waals surface area (Å²) >= 11 is 0. The summed E-state index contributed by atoms with van der Waals surface area (Å²) in [5.74, 6) is 0.0810. The zero-order chi connectivity index (χ0) is 6.78. The Morgan fingerprint density at radius 1 is 1.62 bits per heavy atom. The van der Waals surface area contributed by atoms with Gasteiger partial charge in [-0.15, -0.1) is 0 Å². The summed E-state index contributed by atoms with van der Waals surface area (Å²) < 4.78 is 0. The van der Waals surface area contributed by atoms with Crippen molar-refractivity contribution in [2.45, 2.75) is 19.2 Å². The van der Waals surface area contributed by atoms with Gasteiger partial charge in [0, 0.05) is 12.4 Å². The fraction of sp³-hybridized carbons (Fsp3) is 0.800. The molecule has 0 aliphatic rings. The maximum atomic E-state index is 10.7. The first-order chi connectivity index (χ1) is 3.48. The Bertz CT molecular complexity index is 95.1. The van der Waals surface area contributed by atoms with E-state index in [-0.39, 0.29) is 11.2 Å². The highest BCUT2D eigenvalue weighted by molar-refractivity contribution is 6.27. The number of carbonyl (C=O) groups is 1. The average Bonchev–Trinajstić information content (AvgIpc) is 1.62. The van der Waals surface area contributed by atoms with Gasteiger partial charge in [-0.05, 0) is 0 Å². The third kappa shape index (κ3) is 2.00. The molecule has 0 atom stereocenters. The summed E-state index contributed by atoms with van der Waals surface area (Å²) in [4.78, 5) is 10.7. The molecular formula is C5H12BNO. The second kappa shape index (κ2) is 2.20. The van der Waals surface area contributed by atoms with Crippen molar-refractivity contribution in [1.29, 1.82) is 0 Å². The van der Waals surface area contributed by atoms with Crippen molar-refractivity contribution in [3.05, 3.63) is 0 Å². The molecule has 3 heteroatoms. The zero-order valence-corrected chi connectivity index (χ0v) is 5.91. The molecule has 46 valence electrons. The van der Waals surface area contributed by atoms with Crippen molar-refractivity contribution >= 4 is 13.8 Å². The summed E-state index contributed by atoms with van der Waals surface area (Å²) in [6, 6.07) is 0. The van der Waals surface area contributed by atoms with E-state index in [0.29, 0.717) is 0 Å². The topological polar surface area (TPSA) is 29.1 Å². The lowest BCUT2D eigenvalue weighted by Gasteiger charge is -2.14. The van der Waals surface area contributed by atoms with E-state index in [1.807, 2.05) is 21.7 Å². The molecule has 0 aromatic heterocycles. The Labute approximate surface area is 51.1 Å². The van der Waals surface area contributed by atoms with Gasteiger partial charge in [0.15, 0.2) is 0 Å². The minimum absolute atomic E-state index is 0.0810. The molecule has 0 saturated heterocycles. The highest BCUT2D eigenvalue weighted by Crippen LogP contribution is 2.16. The largest absolute Gasteiger partial charge is 0.359 e. The number of hydrogen-bond acceptors (Lipinski definition) is 1. The van der Waals surface area contributed by atoms with Crippen LogP contribution in [0, 0.1) is 0 Å². The molecular weight excluding hydrogens is 101 g/mol. The van der Waals surface area contributed by atoms with E-state index in [4.69, 9.17) is 0 Å². The molecule has 0 aliphatic carbocycles. The van der Waals surface area contributed by atoms with Gasteiger partial charge in [0.25, 0.3) is 0 Å². The van der Waals surface area contributed by atoms with E-state index in [2.05, 4.69) is 5.32 Å². The molecule has 0 aromatic rings. The molecule has 0 spiro atoms. The number of amides is 1. The Morgan fingerprint density at radius 2 is 2.00 bits per heavy atom. The Kier molecular flexibility index (Phi) is 2.07. The monoisotopic (exact) mass is 113 g/mol. The third-order valence-corrected chi connectivity index (χ3v) is 0.908. The molecule has 2 nitrogen and oxygen atoms in total. The van der Waals surface area contributed by atoms with E-state index in [1.54, 1.807) is 7.05 Å². The summed E-state index contributed by atoms with van der Waals surface area (Å²) in [6.07, 6.45) is 0. The van der Waals surface area contributed by atoms with E-state index in [0.717, 1.165) is 0 Å². The second-order valence-corrected chi connectivity index (χ2v) is 2.83. The number of nitrogens with one attached hydrogen (secondary N) is 1. The van der Waals surface area contributed by atoms with Crippen molar-refractivity contribution in [2.75, 3.05) is 7.05 Å². The number of hydrogen-bond donors (Lipinski definition) is 1. The van der Waals surface area contributed by atoms with E-state index < -0.39 is 0 Å². The second-order valence-electron chi connectivity index (χ2n) is 2.83. The summed E-state index contributed by atoms with van der Waals surface area (Å²) in [6.45, 7) is 3.76. The molecule has 0 bridgehead atoms. The van der Waals surface area contributed by atoms with Gasteiger partial charge in [-0.1, -0.05) is 13.8 Å². The lowest BCUT2D eigenvalue weighted by atomic mass is 9.72. The van der Waals surface area contributed by atoms with Gasteiger partial charge in [-0.25, -0.2) is 0 Å². The van der Waals surface area contributed by atoms with Crippen LogP contribution >= 0.6 is 0 Å². The Hall–Kier alpha value is -0.465. The SMILES string of the molecule is BC(C)(C)C(=O)NC. The van der Waals surface area contributed by atoms with Gasteiger partial charge in [-0.3, -0.25) is 4.79 Å². The molecule has 0 aromatic carbocycles. The highest BCUT2D eigenvalue weighted by atomic mass is 16.1. The third-order valence-electron chi connectivity index (χ3n) is 0.908. The normalized spacial score (nSPS) is 10.9. The number of carbonyl (C=O) groups excluding carboxylic acids is 1. The molecule has 0 fully saturated rings. The molecule has 1 amide bonds. The van der Waals surface area contributed by atoms with E-state index in [9.17, 15) is 4.79 Å². The minimum Gasteiger partial charge on any atom is -0.359 e. The molecule has 1 N–H and O–H groups in total. The van der Waals surface area contributed by atoms with E-state index >= 15 is 0 Å².